The highest BCUT2D eigenvalue weighted by molar-refractivity contribution is 5.92. The number of aromatic hydroxyl groups is 7. The van der Waals surface area contributed by atoms with Crippen LogP contribution in [0.4, 0.5) is 0 Å². The van der Waals surface area contributed by atoms with Crippen LogP contribution in [0.15, 0.2) is 45.6 Å². The molecule has 4 unspecified atom stereocenters. The van der Waals surface area contributed by atoms with Gasteiger partial charge in [0.1, 0.15) is 34.7 Å². The van der Waals surface area contributed by atoms with Crippen LogP contribution in [0.5, 0.6) is 46.0 Å². The third-order valence-corrected chi connectivity index (χ3v) is 6.78. The summed E-state index contributed by atoms with van der Waals surface area (Å²) in [5.74, 6) is -7.21. The average Bonchev–Trinajstić information content (AvgIpc) is 2.96. The van der Waals surface area contributed by atoms with Crippen molar-refractivity contribution in [3.63, 3.8) is 0 Å². The van der Waals surface area contributed by atoms with Crippen molar-refractivity contribution in [3.05, 3.63) is 57.7 Å². The van der Waals surface area contributed by atoms with E-state index in [0.717, 1.165) is 30.3 Å². The summed E-state index contributed by atoms with van der Waals surface area (Å²) in [6.45, 7) is 0.836. The molecule has 1 aliphatic rings. The number of ether oxygens (including phenoxy) is 3. The van der Waals surface area contributed by atoms with Crippen molar-refractivity contribution in [2.45, 2.75) is 31.5 Å². The van der Waals surface area contributed by atoms with E-state index in [1.807, 2.05) is 0 Å². The minimum Gasteiger partial charge on any atom is -0.507 e. The number of aryl methyl sites for hydroxylation is 1. The molecule has 43 heavy (non-hydrogen) atoms. The summed E-state index contributed by atoms with van der Waals surface area (Å²) in [5.41, 5.74) is -1.74. The second-order valence-corrected chi connectivity index (χ2v) is 9.65. The van der Waals surface area contributed by atoms with Gasteiger partial charge in [-0.1, -0.05) is 0 Å². The molecule has 226 valence electrons. The number of benzene rings is 3. The van der Waals surface area contributed by atoms with E-state index in [1.165, 1.54) is 13.0 Å². The van der Waals surface area contributed by atoms with Crippen LogP contribution in [0.3, 0.4) is 0 Å². The van der Waals surface area contributed by atoms with Gasteiger partial charge < -0.3 is 64.6 Å². The van der Waals surface area contributed by atoms with Crippen molar-refractivity contribution in [3.8, 4) is 57.3 Å². The molecule has 9 N–H and O–H groups in total. The Hall–Kier alpha value is -5.38. The number of hydrogen-bond donors (Lipinski definition) is 9. The van der Waals surface area contributed by atoms with Gasteiger partial charge in [0.2, 0.25) is 17.5 Å². The predicted octanol–water partition coefficient (Wildman–Crippen LogP) is 1.39. The van der Waals surface area contributed by atoms with E-state index < -0.39 is 105 Å². The molecule has 15 heteroatoms. The summed E-state index contributed by atoms with van der Waals surface area (Å²) in [4.78, 5) is 26.6. The first kappa shape index (κ1) is 29.1. The molecule has 2 heterocycles. The minimum atomic E-state index is -1.86. The van der Waals surface area contributed by atoms with Gasteiger partial charge in [-0.2, -0.15) is 0 Å². The van der Waals surface area contributed by atoms with Crippen LogP contribution in [0.25, 0.3) is 22.3 Å². The molecular weight excluding hydrogens is 576 g/mol. The Morgan fingerprint density at radius 2 is 1.53 bits per heavy atom. The van der Waals surface area contributed by atoms with Crippen LogP contribution in [0, 0.1) is 6.92 Å². The van der Waals surface area contributed by atoms with E-state index in [1.54, 1.807) is 0 Å². The maximum atomic E-state index is 13.7. The van der Waals surface area contributed by atoms with E-state index >= 15 is 0 Å². The number of carbonyl (C=O) groups excluding carboxylic acids is 1. The third-order valence-electron chi connectivity index (χ3n) is 6.78. The van der Waals surface area contributed by atoms with Crippen LogP contribution in [0.1, 0.15) is 15.9 Å². The Morgan fingerprint density at radius 3 is 2.19 bits per heavy atom. The zero-order chi connectivity index (χ0) is 31.3. The molecule has 3 aromatic carbocycles. The maximum Gasteiger partial charge on any atom is 0.339 e. The van der Waals surface area contributed by atoms with Gasteiger partial charge in [0.05, 0.1) is 12.2 Å². The van der Waals surface area contributed by atoms with Crippen LogP contribution >= 0.6 is 0 Å². The molecule has 1 fully saturated rings. The number of hydrogen-bond acceptors (Lipinski definition) is 15. The first-order valence-corrected chi connectivity index (χ1v) is 12.4. The number of phenolic OH excluding ortho intramolecular Hbond substituents is 7. The lowest BCUT2D eigenvalue weighted by atomic mass is 10.0. The van der Waals surface area contributed by atoms with E-state index in [9.17, 15) is 55.5 Å². The second kappa shape index (κ2) is 10.8. The smallest absolute Gasteiger partial charge is 0.339 e. The Morgan fingerprint density at radius 1 is 0.860 bits per heavy atom. The van der Waals surface area contributed by atoms with Gasteiger partial charge in [0.25, 0.3) is 0 Å². The molecule has 0 bridgehead atoms. The first-order chi connectivity index (χ1) is 20.3. The number of esters is 1. The lowest BCUT2D eigenvalue weighted by Gasteiger charge is -2.37. The molecule has 5 rings (SSSR count). The summed E-state index contributed by atoms with van der Waals surface area (Å²) in [7, 11) is 0. The summed E-state index contributed by atoms with van der Waals surface area (Å²) < 4.78 is 22.3. The SMILES string of the molecule is Cc1c(O)cc(O)c2c(=O)c(OC3OCC(O)C(O)C3OC(=O)c3cc(O)c(O)c(O)c3)c(-c3ccc(O)c(O)c3)oc12. The Kier molecular flexibility index (Phi) is 7.31. The van der Waals surface area contributed by atoms with Crippen molar-refractivity contribution in [2.75, 3.05) is 6.61 Å². The van der Waals surface area contributed by atoms with Crippen molar-refractivity contribution in [1.82, 2.24) is 0 Å². The van der Waals surface area contributed by atoms with Crippen molar-refractivity contribution >= 4 is 16.9 Å². The molecular formula is C28H24O15. The van der Waals surface area contributed by atoms with E-state index in [-0.39, 0.29) is 16.7 Å². The van der Waals surface area contributed by atoms with Gasteiger partial charge in [-0.3, -0.25) is 4.79 Å². The van der Waals surface area contributed by atoms with Gasteiger partial charge in [-0.15, -0.1) is 0 Å². The molecule has 0 aliphatic carbocycles. The number of aliphatic hydroxyl groups is 2. The van der Waals surface area contributed by atoms with Crippen LogP contribution < -0.4 is 10.2 Å². The Labute approximate surface area is 239 Å². The number of phenols is 7. The lowest BCUT2D eigenvalue weighted by molar-refractivity contribution is -0.241. The summed E-state index contributed by atoms with van der Waals surface area (Å²) in [6, 6.07) is 5.75. The molecule has 1 aromatic heterocycles. The highest BCUT2D eigenvalue weighted by Gasteiger charge is 2.44. The molecule has 0 amide bonds. The third kappa shape index (κ3) is 5.12. The van der Waals surface area contributed by atoms with Gasteiger partial charge in [-0.25, -0.2) is 4.79 Å². The molecule has 4 atom stereocenters. The molecule has 1 saturated heterocycles. The summed E-state index contributed by atoms with van der Waals surface area (Å²) in [6.07, 6.45) is -7.15. The topological polar surface area (TPSA) is 257 Å². The number of carbonyl (C=O) groups is 1. The van der Waals surface area contributed by atoms with Gasteiger partial charge in [0.15, 0.2) is 40.6 Å². The Bertz CT molecular complexity index is 1790. The molecule has 4 aromatic rings. The normalized spacial score (nSPS) is 20.2. The minimum absolute atomic E-state index is 0.0356. The first-order valence-electron chi connectivity index (χ1n) is 12.4. The highest BCUT2D eigenvalue weighted by Crippen LogP contribution is 2.41. The fourth-order valence-corrected chi connectivity index (χ4v) is 4.43. The summed E-state index contributed by atoms with van der Waals surface area (Å²) in [5, 5.41) is 90.0. The highest BCUT2D eigenvalue weighted by atomic mass is 16.7. The fraction of sp³-hybridized carbons (Fsp3) is 0.214. The fourth-order valence-electron chi connectivity index (χ4n) is 4.43. The number of rotatable bonds is 5. The quantitative estimate of drug-likeness (QED) is 0.116. The van der Waals surface area contributed by atoms with E-state index in [4.69, 9.17) is 18.6 Å². The molecule has 1 aliphatic heterocycles. The standard InChI is InChI=1S/C28H24O15/c1-9-13(30)7-15(32)19-22(38)25(24(41-23(9)19)10-2-3-12(29)14(31)4-10)43-28-26(21(37)18(35)8-40-28)42-27(39)11-5-16(33)20(36)17(34)6-11/h2-7,18,21,26,28-37H,8H2,1H3. The van der Waals surface area contributed by atoms with Crippen molar-refractivity contribution in [1.29, 1.82) is 0 Å². The van der Waals surface area contributed by atoms with E-state index in [2.05, 4.69) is 0 Å². The zero-order valence-electron chi connectivity index (χ0n) is 22.0. The average molecular weight is 600 g/mol. The van der Waals surface area contributed by atoms with Gasteiger partial charge in [0, 0.05) is 17.2 Å². The van der Waals surface area contributed by atoms with Gasteiger partial charge in [-0.05, 0) is 37.3 Å². The van der Waals surface area contributed by atoms with Crippen molar-refractivity contribution < 1.29 is 69.4 Å². The van der Waals surface area contributed by atoms with Crippen LogP contribution in [0.2, 0.25) is 0 Å². The summed E-state index contributed by atoms with van der Waals surface area (Å²) >= 11 is 0. The molecule has 0 spiro atoms. The number of aliphatic hydroxyl groups excluding tert-OH is 2. The lowest BCUT2D eigenvalue weighted by Crippen LogP contribution is -2.56. The van der Waals surface area contributed by atoms with Crippen molar-refractivity contribution in [2.24, 2.45) is 0 Å². The molecule has 0 saturated carbocycles. The Balaban J connectivity index is 1.62. The van der Waals surface area contributed by atoms with Gasteiger partial charge >= 0.3 is 5.97 Å². The van der Waals surface area contributed by atoms with E-state index in [0.29, 0.717) is 0 Å². The number of fused-ring (bicyclic) bond motifs is 1. The monoisotopic (exact) mass is 600 g/mol. The molecule has 15 nitrogen and oxygen atoms in total. The molecule has 0 radical (unpaired) electrons. The largest absolute Gasteiger partial charge is 0.507 e. The maximum absolute atomic E-state index is 13.7. The van der Waals surface area contributed by atoms with Crippen LogP contribution in [-0.2, 0) is 9.47 Å². The van der Waals surface area contributed by atoms with Crippen LogP contribution in [-0.4, -0.2) is 83.1 Å². The predicted molar refractivity (Wildman–Crippen MR) is 142 cm³/mol. The zero-order valence-corrected chi connectivity index (χ0v) is 22.0. The second-order valence-electron chi connectivity index (χ2n) is 9.65.